The van der Waals surface area contributed by atoms with Crippen LogP contribution in [0, 0.1) is 0 Å². The molecular weight excluding hydrogens is 105 g/mol. The van der Waals surface area contributed by atoms with E-state index in [0.717, 1.165) is 12.6 Å². The lowest BCUT2D eigenvalue weighted by Gasteiger charge is -1.86. The van der Waals surface area contributed by atoms with Gasteiger partial charge in [-0.05, 0) is 13.1 Å². The van der Waals surface area contributed by atoms with Gasteiger partial charge in [0, 0.05) is 6.42 Å². The first-order chi connectivity index (χ1) is 3.81. The van der Waals surface area contributed by atoms with Crippen molar-refractivity contribution >= 4 is 6.72 Å². The van der Waals surface area contributed by atoms with E-state index in [2.05, 4.69) is 11.7 Å². The Bertz CT molecular complexity index is 96.7. The predicted molar refractivity (Wildman–Crippen MR) is 33.6 cm³/mol. The normalized spacial score (nSPS) is 11.5. The molecule has 8 heavy (non-hydrogen) atoms. The lowest BCUT2D eigenvalue weighted by molar-refractivity contribution is 0.581. The molecule has 2 heteroatoms. The summed E-state index contributed by atoms with van der Waals surface area (Å²) in [5, 5.41) is 0. The van der Waals surface area contributed by atoms with E-state index >= 15 is 0 Å². The van der Waals surface area contributed by atoms with E-state index in [9.17, 15) is 4.39 Å². The molecule has 0 aromatic heterocycles. The Morgan fingerprint density at radius 1 is 1.88 bits per heavy atom. The van der Waals surface area contributed by atoms with Gasteiger partial charge in [-0.15, -0.1) is 0 Å². The first-order valence-electron chi connectivity index (χ1n) is 2.61. The van der Waals surface area contributed by atoms with Crippen LogP contribution in [0.25, 0.3) is 0 Å². The van der Waals surface area contributed by atoms with E-state index in [1.165, 1.54) is 0 Å². The third-order valence-electron chi connectivity index (χ3n) is 0.720. The fourth-order valence-electron chi connectivity index (χ4n) is 0.402. The maximum atomic E-state index is 12.1. The highest BCUT2D eigenvalue weighted by Gasteiger charge is 1.87. The van der Waals surface area contributed by atoms with Gasteiger partial charge in [-0.25, -0.2) is 4.39 Å². The van der Waals surface area contributed by atoms with Crippen LogP contribution >= 0.6 is 0 Å². The van der Waals surface area contributed by atoms with Crippen molar-refractivity contribution in [2.24, 2.45) is 4.99 Å². The minimum atomic E-state index is -0.192. The van der Waals surface area contributed by atoms with E-state index in [1.54, 1.807) is 0 Å². The average Bonchev–Trinajstić information content (AvgIpc) is 1.68. The molecular formula is C6H10FN. The van der Waals surface area contributed by atoms with Crippen molar-refractivity contribution in [3.05, 3.63) is 12.0 Å². The van der Waals surface area contributed by atoms with Crippen molar-refractivity contribution in [1.82, 2.24) is 0 Å². The summed E-state index contributed by atoms with van der Waals surface area (Å²) in [6, 6.07) is 0. The molecule has 0 heterocycles. The molecule has 0 bridgehead atoms. The van der Waals surface area contributed by atoms with Gasteiger partial charge in [0.2, 0.25) is 0 Å². The summed E-state index contributed by atoms with van der Waals surface area (Å²) in [6.45, 7) is 5.03. The van der Waals surface area contributed by atoms with Crippen molar-refractivity contribution in [3.63, 3.8) is 0 Å². The maximum absolute atomic E-state index is 12.1. The largest absolute Gasteiger partial charge is 0.270 e. The van der Waals surface area contributed by atoms with Gasteiger partial charge in [0.1, 0.15) is 5.83 Å². The summed E-state index contributed by atoms with van der Waals surface area (Å²) in [7, 11) is 0. The Kier molecular flexibility index (Phi) is 4.13. The highest BCUT2D eigenvalue weighted by molar-refractivity contribution is 5.25. The van der Waals surface area contributed by atoms with Crippen LogP contribution in [-0.4, -0.2) is 6.72 Å². The maximum Gasteiger partial charge on any atom is 0.118 e. The second kappa shape index (κ2) is 4.50. The van der Waals surface area contributed by atoms with Gasteiger partial charge in [-0.1, -0.05) is 6.92 Å². The number of aliphatic imine (C=N–C) groups is 1. The topological polar surface area (TPSA) is 12.4 Å². The minimum Gasteiger partial charge on any atom is -0.270 e. The molecule has 0 radical (unpaired) electrons. The van der Waals surface area contributed by atoms with Crippen LogP contribution in [0.15, 0.2) is 17.0 Å². The molecule has 0 fully saturated rings. The van der Waals surface area contributed by atoms with Crippen LogP contribution in [-0.2, 0) is 0 Å². The van der Waals surface area contributed by atoms with Gasteiger partial charge in [-0.3, -0.25) is 4.99 Å². The standard InChI is InChI=1S/C6H10FN/c1-3-4-6(7)5-8-2/h5H,2-4H2,1H3/b6-5+. The lowest BCUT2D eigenvalue weighted by atomic mass is 10.3. The van der Waals surface area contributed by atoms with Crippen molar-refractivity contribution in [1.29, 1.82) is 0 Å². The molecule has 1 nitrogen and oxygen atoms in total. The molecule has 0 atom stereocenters. The third-order valence-corrected chi connectivity index (χ3v) is 0.720. The second-order valence-corrected chi connectivity index (χ2v) is 1.51. The predicted octanol–water partition coefficient (Wildman–Crippen LogP) is 2.30. The highest BCUT2D eigenvalue weighted by atomic mass is 19.1. The van der Waals surface area contributed by atoms with Crippen molar-refractivity contribution in [2.45, 2.75) is 19.8 Å². The third kappa shape index (κ3) is 3.53. The van der Waals surface area contributed by atoms with E-state index in [0.29, 0.717) is 6.42 Å². The van der Waals surface area contributed by atoms with Gasteiger partial charge in [-0.2, -0.15) is 0 Å². The minimum absolute atomic E-state index is 0.192. The molecule has 0 unspecified atom stereocenters. The Morgan fingerprint density at radius 2 is 2.50 bits per heavy atom. The van der Waals surface area contributed by atoms with E-state index in [4.69, 9.17) is 0 Å². The monoisotopic (exact) mass is 115 g/mol. The fourth-order valence-corrected chi connectivity index (χ4v) is 0.402. The van der Waals surface area contributed by atoms with Crippen LogP contribution in [0.1, 0.15) is 19.8 Å². The zero-order valence-electron chi connectivity index (χ0n) is 5.02. The molecule has 0 saturated heterocycles. The SMILES string of the molecule is C=N/C=C(/F)CCC. The van der Waals surface area contributed by atoms with Gasteiger partial charge in [0.05, 0.1) is 6.20 Å². The van der Waals surface area contributed by atoms with E-state index in [-0.39, 0.29) is 5.83 Å². The molecule has 0 spiro atoms. The Morgan fingerprint density at radius 3 is 2.88 bits per heavy atom. The fraction of sp³-hybridized carbons (Fsp3) is 0.500. The summed E-state index contributed by atoms with van der Waals surface area (Å²) in [6.07, 6.45) is 2.43. The van der Waals surface area contributed by atoms with Crippen LogP contribution in [0.4, 0.5) is 4.39 Å². The Balaban J connectivity index is 3.44. The van der Waals surface area contributed by atoms with Crippen LogP contribution in [0.5, 0.6) is 0 Å². The van der Waals surface area contributed by atoms with E-state index < -0.39 is 0 Å². The lowest BCUT2D eigenvalue weighted by Crippen LogP contribution is -1.69. The molecule has 0 amide bonds. The molecule has 0 aliphatic carbocycles. The second-order valence-electron chi connectivity index (χ2n) is 1.51. The number of hydrogen-bond donors (Lipinski definition) is 0. The molecule has 0 aliphatic heterocycles. The number of allylic oxidation sites excluding steroid dienone is 1. The van der Waals surface area contributed by atoms with E-state index in [1.807, 2.05) is 6.92 Å². The summed E-state index contributed by atoms with van der Waals surface area (Å²) < 4.78 is 12.1. The molecule has 0 saturated carbocycles. The first kappa shape index (κ1) is 7.34. The smallest absolute Gasteiger partial charge is 0.118 e. The molecule has 0 N–H and O–H groups in total. The Labute approximate surface area is 48.9 Å². The van der Waals surface area contributed by atoms with Gasteiger partial charge < -0.3 is 0 Å². The summed E-state index contributed by atoms with van der Waals surface area (Å²) >= 11 is 0. The number of hydrogen-bond acceptors (Lipinski definition) is 1. The quantitative estimate of drug-likeness (QED) is 0.500. The van der Waals surface area contributed by atoms with Crippen molar-refractivity contribution < 1.29 is 4.39 Å². The number of halogens is 1. The Hall–Kier alpha value is -0.660. The summed E-state index contributed by atoms with van der Waals surface area (Å²) in [5.41, 5.74) is 0. The summed E-state index contributed by atoms with van der Waals surface area (Å²) in [5.74, 6) is -0.192. The number of nitrogens with zero attached hydrogens (tertiary/aromatic N) is 1. The molecule has 0 rings (SSSR count). The molecule has 0 aromatic rings. The average molecular weight is 115 g/mol. The van der Waals surface area contributed by atoms with Gasteiger partial charge >= 0.3 is 0 Å². The van der Waals surface area contributed by atoms with Gasteiger partial charge in [0.25, 0.3) is 0 Å². The zero-order chi connectivity index (χ0) is 6.41. The number of rotatable bonds is 3. The summed E-state index contributed by atoms with van der Waals surface area (Å²) in [4.78, 5) is 3.27. The van der Waals surface area contributed by atoms with Crippen LogP contribution in [0.2, 0.25) is 0 Å². The first-order valence-corrected chi connectivity index (χ1v) is 2.61. The van der Waals surface area contributed by atoms with Crippen molar-refractivity contribution in [3.8, 4) is 0 Å². The van der Waals surface area contributed by atoms with Crippen LogP contribution < -0.4 is 0 Å². The van der Waals surface area contributed by atoms with Crippen LogP contribution in [0.3, 0.4) is 0 Å². The molecule has 46 valence electrons. The zero-order valence-corrected chi connectivity index (χ0v) is 5.02. The molecule has 0 aromatic carbocycles. The highest BCUT2D eigenvalue weighted by Crippen LogP contribution is 2.04. The van der Waals surface area contributed by atoms with Gasteiger partial charge in [0.15, 0.2) is 0 Å². The molecule has 0 aliphatic rings. The van der Waals surface area contributed by atoms with Crippen molar-refractivity contribution in [2.75, 3.05) is 0 Å².